The molecule has 18 heavy (non-hydrogen) atoms. The first-order chi connectivity index (χ1) is 8.54. The lowest BCUT2D eigenvalue weighted by Gasteiger charge is -2.07. The summed E-state index contributed by atoms with van der Waals surface area (Å²) in [5, 5.41) is 4.06. The molecule has 0 aliphatic rings. The molecule has 2 N–H and O–H groups in total. The number of hydrogen-bond donors (Lipinski definition) is 2. The first kappa shape index (κ1) is 11.4. The van der Waals surface area contributed by atoms with Gasteiger partial charge >= 0.3 is 7.60 Å². The highest BCUT2D eigenvalue weighted by Crippen LogP contribution is 2.34. The Morgan fingerprint density at radius 3 is 1.89 bits per heavy atom. The second kappa shape index (κ2) is 3.92. The van der Waals surface area contributed by atoms with Crippen molar-refractivity contribution in [3.8, 4) is 0 Å². The van der Waals surface area contributed by atoms with Crippen molar-refractivity contribution in [3.05, 3.63) is 54.6 Å². The van der Waals surface area contributed by atoms with Crippen molar-refractivity contribution in [1.29, 1.82) is 0 Å². The van der Waals surface area contributed by atoms with E-state index < -0.39 is 7.60 Å². The van der Waals surface area contributed by atoms with Crippen LogP contribution in [0, 0.1) is 0 Å². The molecule has 0 amide bonds. The number of rotatable bonds is 1. The van der Waals surface area contributed by atoms with Gasteiger partial charge in [0.2, 0.25) is 0 Å². The minimum atomic E-state index is -4.18. The molecule has 0 bridgehead atoms. The van der Waals surface area contributed by atoms with Crippen LogP contribution in [0.4, 0.5) is 0 Å². The third-order valence-electron chi connectivity index (χ3n) is 3.02. The van der Waals surface area contributed by atoms with E-state index in [0.29, 0.717) is 0 Å². The van der Waals surface area contributed by atoms with Crippen LogP contribution in [0.1, 0.15) is 0 Å². The molecule has 0 saturated heterocycles. The van der Waals surface area contributed by atoms with Crippen molar-refractivity contribution in [1.82, 2.24) is 0 Å². The molecule has 0 fully saturated rings. The average Bonchev–Trinajstić information content (AvgIpc) is 2.34. The van der Waals surface area contributed by atoms with Crippen LogP contribution in [0.5, 0.6) is 0 Å². The summed E-state index contributed by atoms with van der Waals surface area (Å²) in [4.78, 5) is 18.3. The molecule has 0 saturated carbocycles. The van der Waals surface area contributed by atoms with Crippen molar-refractivity contribution >= 4 is 34.4 Å². The Morgan fingerprint density at radius 1 is 0.722 bits per heavy atom. The lowest BCUT2D eigenvalue weighted by molar-refractivity contribution is 0.387. The molecule has 4 heteroatoms. The van der Waals surface area contributed by atoms with Crippen LogP contribution in [-0.4, -0.2) is 9.79 Å². The van der Waals surface area contributed by atoms with Crippen molar-refractivity contribution in [2.45, 2.75) is 0 Å². The van der Waals surface area contributed by atoms with Gasteiger partial charge in [-0.15, -0.1) is 0 Å². The standard InChI is InChI=1S/C14H11O3P/c15-18(16,17)14-6-5-12-7-10-3-1-2-4-11(10)8-13(12)9-14/h1-9H,(H2,15,16,17). The summed E-state index contributed by atoms with van der Waals surface area (Å²) in [6.07, 6.45) is 0. The van der Waals surface area contributed by atoms with Crippen molar-refractivity contribution in [3.63, 3.8) is 0 Å². The van der Waals surface area contributed by atoms with Gasteiger partial charge in [0.1, 0.15) is 0 Å². The van der Waals surface area contributed by atoms with Crippen molar-refractivity contribution < 1.29 is 14.4 Å². The van der Waals surface area contributed by atoms with E-state index in [2.05, 4.69) is 0 Å². The highest BCUT2D eigenvalue weighted by molar-refractivity contribution is 7.60. The molecule has 0 radical (unpaired) electrons. The highest BCUT2D eigenvalue weighted by atomic mass is 31.2. The van der Waals surface area contributed by atoms with Gasteiger partial charge < -0.3 is 9.79 Å². The fourth-order valence-corrected chi connectivity index (χ4v) is 2.68. The van der Waals surface area contributed by atoms with Crippen LogP contribution in [0.2, 0.25) is 0 Å². The van der Waals surface area contributed by atoms with Crippen LogP contribution >= 0.6 is 7.60 Å². The molecule has 3 aromatic carbocycles. The van der Waals surface area contributed by atoms with E-state index in [1.165, 1.54) is 6.07 Å². The lowest BCUT2D eigenvalue weighted by Crippen LogP contribution is -2.02. The van der Waals surface area contributed by atoms with Gasteiger partial charge in [-0.3, -0.25) is 4.57 Å². The Balaban J connectivity index is 2.34. The van der Waals surface area contributed by atoms with Gasteiger partial charge in [0.15, 0.2) is 0 Å². The maximum atomic E-state index is 11.2. The lowest BCUT2D eigenvalue weighted by atomic mass is 10.0. The summed E-state index contributed by atoms with van der Waals surface area (Å²) in [5.41, 5.74) is 0. The van der Waals surface area contributed by atoms with Crippen LogP contribution in [0.15, 0.2) is 54.6 Å². The van der Waals surface area contributed by atoms with E-state index in [-0.39, 0.29) is 5.30 Å². The van der Waals surface area contributed by atoms with Gasteiger partial charge in [-0.05, 0) is 45.8 Å². The summed E-state index contributed by atoms with van der Waals surface area (Å²) in [7, 11) is -4.18. The Bertz CT molecular complexity index is 789. The van der Waals surface area contributed by atoms with E-state index in [1.54, 1.807) is 12.1 Å². The molecule has 0 unspecified atom stereocenters. The van der Waals surface area contributed by atoms with Gasteiger partial charge in [0.25, 0.3) is 0 Å². The predicted octanol–water partition coefficient (Wildman–Crippen LogP) is 2.80. The van der Waals surface area contributed by atoms with Crippen molar-refractivity contribution in [2.75, 3.05) is 0 Å². The molecule has 0 aliphatic carbocycles. The molecular weight excluding hydrogens is 247 g/mol. The summed E-state index contributed by atoms with van der Waals surface area (Å²) in [6.45, 7) is 0. The minimum absolute atomic E-state index is 0.0604. The smallest absolute Gasteiger partial charge is 0.321 e. The first-order valence-electron chi connectivity index (χ1n) is 5.53. The quantitative estimate of drug-likeness (QED) is 0.521. The number of benzene rings is 3. The molecule has 90 valence electrons. The number of fused-ring (bicyclic) bond motifs is 2. The van der Waals surface area contributed by atoms with E-state index in [4.69, 9.17) is 0 Å². The average molecular weight is 258 g/mol. The molecular formula is C14H11O3P. The normalized spacial score (nSPS) is 12.1. The summed E-state index contributed by atoms with van der Waals surface area (Å²) in [5.74, 6) is 0. The molecule has 3 aromatic rings. The molecule has 0 aliphatic heterocycles. The van der Waals surface area contributed by atoms with Gasteiger partial charge in [-0.25, -0.2) is 0 Å². The van der Waals surface area contributed by atoms with Gasteiger partial charge in [-0.1, -0.05) is 30.3 Å². The third kappa shape index (κ3) is 1.93. The van der Waals surface area contributed by atoms with Crippen LogP contribution in [-0.2, 0) is 4.57 Å². The van der Waals surface area contributed by atoms with Crippen LogP contribution < -0.4 is 5.30 Å². The zero-order valence-electron chi connectivity index (χ0n) is 9.45. The zero-order chi connectivity index (χ0) is 12.8. The Labute approximate surface area is 104 Å². The van der Waals surface area contributed by atoms with Gasteiger partial charge in [-0.2, -0.15) is 0 Å². The molecule has 3 rings (SSSR count). The second-order valence-electron chi connectivity index (χ2n) is 4.27. The van der Waals surface area contributed by atoms with E-state index >= 15 is 0 Å². The SMILES string of the molecule is O=P(O)(O)c1ccc2cc3ccccc3cc2c1. The summed E-state index contributed by atoms with van der Waals surface area (Å²) >= 11 is 0. The Kier molecular flexibility index (Phi) is 2.49. The molecule has 0 atom stereocenters. The monoisotopic (exact) mass is 258 g/mol. The Morgan fingerprint density at radius 2 is 1.28 bits per heavy atom. The summed E-state index contributed by atoms with van der Waals surface area (Å²) < 4.78 is 11.2. The number of hydrogen-bond acceptors (Lipinski definition) is 1. The third-order valence-corrected chi connectivity index (χ3v) is 3.98. The maximum Gasteiger partial charge on any atom is 0.356 e. The maximum absolute atomic E-state index is 11.2. The predicted molar refractivity (Wildman–Crippen MR) is 73.1 cm³/mol. The minimum Gasteiger partial charge on any atom is -0.321 e. The molecule has 0 aromatic heterocycles. The second-order valence-corrected chi connectivity index (χ2v) is 5.88. The fourth-order valence-electron chi connectivity index (χ4n) is 2.11. The molecule has 0 spiro atoms. The van der Waals surface area contributed by atoms with Crippen LogP contribution in [0.3, 0.4) is 0 Å². The molecule has 0 heterocycles. The van der Waals surface area contributed by atoms with E-state index in [9.17, 15) is 14.4 Å². The van der Waals surface area contributed by atoms with E-state index in [0.717, 1.165) is 21.5 Å². The zero-order valence-corrected chi connectivity index (χ0v) is 10.3. The van der Waals surface area contributed by atoms with Gasteiger partial charge in [0, 0.05) is 0 Å². The summed E-state index contributed by atoms with van der Waals surface area (Å²) in [6, 6.07) is 16.7. The van der Waals surface area contributed by atoms with E-state index in [1.807, 2.05) is 36.4 Å². The first-order valence-corrected chi connectivity index (χ1v) is 7.14. The Hall–Kier alpha value is -1.67. The molecule has 3 nitrogen and oxygen atoms in total. The fraction of sp³-hybridized carbons (Fsp3) is 0. The van der Waals surface area contributed by atoms with Crippen LogP contribution in [0.25, 0.3) is 21.5 Å². The topological polar surface area (TPSA) is 57.5 Å². The largest absolute Gasteiger partial charge is 0.356 e. The highest BCUT2D eigenvalue weighted by Gasteiger charge is 2.16. The van der Waals surface area contributed by atoms with Crippen molar-refractivity contribution in [2.24, 2.45) is 0 Å². The van der Waals surface area contributed by atoms with Gasteiger partial charge in [0.05, 0.1) is 5.30 Å².